The summed E-state index contributed by atoms with van der Waals surface area (Å²) in [5, 5.41) is 2.33. The molecule has 0 saturated heterocycles. The Morgan fingerprint density at radius 2 is 2.44 bits per heavy atom. The van der Waals surface area contributed by atoms with Gasteiger partial charge in [0, 0.05) is 0 Å². The van der Waals surface area contributed by atoms with Crippen molar-refractivity contribution in [2.24, 2.45) is 10.9 Å². The predicted octanol–water partition coefficient (Wildman–Crippen LogP) is 0.671. The van der Waals surface area contributed by atoms with Gasteiger partial charge in [-0.25, -0.2) is 4.79 Å². The van der Waals surface area contributed by atoms with E-state index >= 15 is 0 Å². The van der Waals surface area contributed by atoms with Gasteiger partial charge in [0.05, 0.1) is 23.8 Å². The van der Waals surface area contributed by atoms with Crippen LogP contribution in [0.1, 0.15) is 13.8 Å². The molecule has 0 saturated carbocycles. The van der Waals surface area contributed by atoms with E-state index in [-0.39, 0.29) is 23.2 Å². The number of nitrogens with zero attached hydrogens (tertiary/aromatic N) is 1. The molecule has 2 aliphatic heterocycles. The molecule has 1 N–H and O–H groups in total. The van der Waals surface area contributed by atoms with Gasteiger partial charge >= 0.3 is 5.97 Å². The zero-order valence-corrected chi connectivity index (χ0v) is 9.84. The number of nitrogens with one attached hydrogen (secondary N) is 1. The minimum absolute atomic E-state index is 0.107. The zero-order valence-electron chi connectivity index (χ0n) is 9.02. The highest BCUT2D eigenvalue weighted by atomic mass is 32.2. The Morgan fingerprint density at radius 1 is 1.69 bits per heavy atom. The first kappa shape index (κ1) is 11.2. The van der Waals surface area contributed by atoms with Crippen LogP contribution in [0.3, 0.4) is 0 Å². The van der Waals surface area contributed by atoms with Crippen LogP contribution in [0, 0.1) is 5.92 Å². The number of amides is 1. The van der Waals surface area contributed by atoms with Crippen molar-refractivity contribution in [1.82, 2.24) is 5.32 Å². The number of esters is 1. The first-order valence-corrected chi connectivity index (χ1v) is 5.89. The molecule has 2 unspecified atom stereocenters. The molecule has 0 aromatic heterocycles. The van der Waals surface area contributed by atoms with Crippen LogP contribution in [0.4, 0.5) is 0 Å². The summed E-state index contributed by atoms with van der Waals surface area (Å²) >= 11 is 1.30. The van der Waals surface area contributed by atoms with Crippen molar-refractivity contribution in [3.05, 3.63) is 10.5 Å². The molecule has 0 aromatic rings. The summed E-state index contributed by atoms with van der Waals surface area (Å²) < 4.78 is 4.94. The third-order valence-electron chi connectivity index (χ3n) is 2.52. The van der Waals surface area contributed by atoms with Crippen molar-refractivity contribution in [3.63, 3.8) is 0 Å². The fourth-order valence-electron chi connectivity index (χ4n) is 1.75. The minimum Gasteiger partial charge on any atom is -0.462 e. The lowest BCUT2D eigenvalue weighted by atomic mass is 9.98. The predicted molar refractivity (Wildman–Crippen MR) is 60.8 cm³/mol. The van der Waals surface area contributed by atoms with Crippen LogP contribution < -0.4 is 5.32 Å². The Balaban J connectivity index is 2.25. The van der Waals surface area contributed by atoms with Gasteiger partial charge in [-0.3, -0.25) is 9.79 Å². The number of carbonyl (C=O) groups excluding carboxylic acids is 2. The largest absolute Gasteiger partial charge is 0.462 e. The number of aliphatic imine (C=N–C) groups is 1. The Labute approximate surface area is 97.3 Å². The molecule has 1 amide bonds. The molecular weight excluding hydrogens is 228 g/mol. The Bertz CT molecular complexity index is 403. The van der Waals surface area contributed by atoms with Gasteiger partial charge in [0.15, 0.2) is 0 Å². The molecule has 0 radical (unpaired) electrons. The quantitative estimate of drug-likeness (QED) is 0.720. The van der Waals surface area contributed by atoms with Gasteiger partial charge in [-0.05, 0) is 19.4 Å². The van der Waals surface area contributed by atoms with Crippen molar-refractivity contribution >= 4 is 30.0 Å². The van der Waals surface area contributed by atoms with Gasteiger partial charge in [-0.2, -0.15) is 0 Å². The van der Waals surface area contributed by atoms with E-state index in [1.165, 1.54) is 18.1 Å². The van der Waals surface area contributed by atoms with Crippen LogP contribution in [0.25, 0.3) is 0 Å². The van der Waals surface area contributed by atoms with E-state index in [9.17, 15) is 9.59 Å². The van der Waals surface area contributed by atoms with Crippen molar-refractivity contribution < 1.29 is 14.3 Å². The van der Waals surface area contributed by atoms with E-state index in [2.05, 4.69) is 10.3 Å². The summed E-state index contributed by atoms with van der Waals surface area (Å²) in [6.07, 6.45) is 1.39. The topological polar surface area (TPSA) is 67.8 Å². The second-order valence-electron chi connectivity index (χ2n) is 3.51. The lowest BCUT2D eigenvalue weighted by Gasteiger charge is -2.19. The number of ether oxygens (including phenoxy) is 1. The maximum atomic E-state index is 11.6. The van der Waals surface area contributed by atoms with Gasteiger partial charge < -0.3 is 10.1 Å². The highest BCUT2D eigenvalue weighted by Gasteiger charge is 2.42. The third-order valence-corrected chi connectivity index (χ3v) is 3.88. The minimum atomic E-state index is -0.359. The molecule has 0 aliphatic carbocycles. The van der Waals surface area contributed by atoms with E-state index in [0.29, 0.717) is 11.5 Å². The van der Waals surface area contributed by atoms with E-state index in [0.717, 1.165) is 5.57 Å². The van der Waals surface area contributed by atoms with E-state index < -0.39 is 0 Å². The summed E-state index contributed by atoms with van der Waals surface area (Å²) in [6.45, 7) is 3.87. The van der Waals surface area contributed by atoms with Gasteiger partial charge in [0.1, 0.15) is 5.37 Å². The number of fused-ring (bicyclic) bond motifs is 1. The fourth-order valence-corrected chi connectivity index (χ4v) is 3.04. The highest BCUT2D eigenvalue weighted by Crippen LogP contribution is 2.43. The van der Waals surface area contributed by atoms with Gasteiger partial charge in [0.25, 0.3) is 0 Å². The summed E-state index contributed by atoms with van der Waals surface area (Å²) in [7, 11) is 0. The molecule has 0 fully saturated rings. The number of hydrogen-bond donors (Lipinski definition) is 1. The van der Waals surface area contributed by atoms with Crippen LogP contribution in [0.15, 0.2) is 15.5 Å². The molecule has 2 atom stereocenters. The second-order valence-corrected chi connectivity index (χ2v) is 4.63. The molecule has 2 rings (SSSR count). The second kappa shape index (κ2) is 4.29. The Morgan fingerprint density at radius 3 is 3.06 bits per heavy atom. The van der Waals surface area contributed by atoms with Crippen LogP contribution in [0.5, 0.6) is 0 Å². The lowest BCUT2D eigenvalue weighted by molar-refractivity contribution is -0.137. The normalized spacial score (nSPS) is 27.8. The summed E-state index contributed by atoms with van der Waals surface area (Å²) in [4.78, 5) is 27.9. The van der Waals surface area contributed by atoms with Gasteiger partial charge in [-0.15, -0.1) is 0 Å². The Kier molecular flexibility index (Phi) is 3.00. The molecule has 2 heterocycles. The summed E-state index contributed by atoms with van der Waals surface area (Å²) in [5.41, 5.74) is 0.753. The molecule has 16 heavy (non-hydrogen) atoms. The number of thioether (sulfide) groups is 1. The monoisotopic (exact) mass is 240 g/mol. The summed E-state index contributed by atoms with van der Waals surface area (Å²) in [5.74, 6) is -0.805. The van der Waals surface area contributed by atoms with Crippen molar-refractivity contribution in [2.45, 2.75) is 19.2 Å². The average Bonchev–Trinajstić information content (AvgIpc) is 2.58. The smallest absolute Gasteiger partial charge is 0.344 e. The van der Waals surface area contributed by atoms with E-state index in [4.69, 9.17) is 4.74 Å². The zero-order chi connectivity index (χ0) is 11.7. The molecular formula is C10H12N2O3S. The number of carbonyl (C=O) groups is 2. The lowest BCUT2D eigenvalue weighted by Crippen LogP contribution is -2.38. The van der Waals surface area contributed by atoms with Crippen LogP contribution in [-0.4, -0.2) is 30.2 Å². The molecule has 0 bridgehead atoms. The maximum Gasteiger partial charge on any atom is 0.344 e. The van der Waals surface area contributed by atoms with Crippen LogP contribution in [-0.2, 0) is 14.3 Å². The molecule has 5 nitrogen and oxygen atoms in total. The van der Waals surface area contributed by atoms with Gasteiger partial charge in [-0.1, -0.05) is 11.8 Å². The molecule has 0 spiro atoms. The average molecular weight is 240 g/mol. The van der Waals surface area contributed by atoms with Crippen molar-refractivity contribution in [2.75, 3.05) is 6.61 Å². The molecule has 2 aliphatic rings. The first-order valence-electron chi connectivity index (χ1n) is 5.01. The van der Waals surface area contributed by atoms with Crippen LogP contribution in [0.2, 0.25) is 0 Å². The van der Waals surface area contributed by atoms with Gasteiger partial charge in [0.2, 0.25) is 5.91 Å². The van der Waals surface area contributed by atoms with E-state index in [1.54, 1.807) is 13.8 Å². The Hall–Kier alpha value is -1.30. The molecule has 0 aromatic carbocycles. The SMILES string of the molecule is CCOC(=O)C1=C(C)C2C(=O)NC=NC2S1. The fraction of sp³-hybridized carbons (Fsp3) is 0.500. The molecule has 6 heteroatoms. The van der Waals surface area contributed by atoms with E-state index in [1.807, 2.05) is 0 Å². The van der Waals surface area contributed by atoms with Crippen LogP contribution >= 0.6 is 11.8 Å². The molecule has 86 valence electrons. The standard InChI is InChI=1S/C10H12N2O3S/c1-3-15-10(14)7-5(2)6-8(13)11-4-12-9(6)16-7/h4,6,9H,3H2,1-2H3,(H,11,12,13). The first-order chi connectivity index (χ1) is 7.65. The third kappa shape index (κ3) is 1.73. The highest BCUT2D eigenvalue weighted by molar-refractivity contribution is 8.04. The number of rotatable bonds is 2. The maximum absolute atomic E-state index is 11.6. The summed E-state index contributed by atoms with van der Waals surface area (Å²) in [6, 6.07) is 0. The van der Waals surface area contributed by atoms with Crippen molar-refractivity contribution in [3.8, 4) is 0 Å². The number of hydrogen-bond acceptors (Lipinski definition) is 5. The van der Waals surface area contributed by atoms with Crippen molar-refractivity contribution in [1.29, 1.82) is 0 Å².